The summed E-state index contributed by atoms with van der Waals surface area (Å²) in [5.74, 6) is 0.0141. The minimum Gasteiger partial charge on any atom is -0.372 e. The number of amides is 1. The highest BCUT2D eigenvalue weighted by molar-refractivity contribution is 7.09. The molecule has 0 unspecified atom stereocenters. The van der Waals surface area contributed by atoms with Gasteiger partial charge in [-0.2, -0.15) is 0 Å². The maximum Gasteiger partial charge on any atom is 0.226 e. The summed E-state index contributed by atoms with van der Waals surface area (Å²) < 4.78 is 0. The van der Waals surface area contributed by atoms with Crippen molar-refractivity contribution in [2.45, 2.75) is 32.2 Å². The molecule has 3 aromatic rings. The van der Waals surface area contributed by atoms with Crippen LogP contribution in [0.15, 0.2) is 60.0 Å². The third-order valence-corrected chi connectivity index (χ3v) is 5.93. The first-order chi connectivity index (χ1) is 13.8. The van der Waals surface area contributed by atoms with Crippen molar-refractivity contribution in [3.05, 3.63) is 81.8 Å². The van der Waals surface area contributed by atoms with Gasteiger partial charge in [0.25, 0.3) is 0 Å². The topological polar surface area (TPSA) is 45.2 Å². The van der Waals surface area contributed by atoms with Crippen LogP contribution in [0.3, 0.4) is 0 Å². The average molecular weight is 392 g/mol. The van der Waals surface area contributed by atoms with Crippen LogP contribution in [0.4, 0.5) is 5.69 Å². The molecule has 0 bridgehead atoms. The molecule has 4 nitrogen and oxygen atoms in total. The van der Waals surface area contributed by atoms with Gasteiger partial charge in [-0.15, -0.1) is 11.3 Å². The number of rotatable bonds is 7. The van der Waals surface area contributed by atoms with Crippen LogP contribution < -0.4 is 10.2 Å². The van der Waals surface area contributed by atoms with Crippen LogP contribution in [0.2, 0.25) is 0 Å². The Labute approximate surface area is 170 Å². The van der Waals surface area contributed by atoms with E-state index in [1.807, 2.05) is 23.6 Å². The highest BCUT2D eigenvalue weighted by atomic mass is 32.1. The maximum absolute atomic E-state index is 12.3. The van der Waals surface area contributed by atoms with Gasteiger partial charge in [0.1, 0.15) is 0 Å². The molecular weight excluding hydrogens is 366 g/mol. The summed E-state index contributed by atoms with van der Waals surface area (Å²) in [7, 11) is 0. The van der Waals surface area contributed by atoms with E-state index in [4.69, 9.17) is 0 Å². The first-order valence-electron chi connectivity index (χ1n) is 9.84. The molecular formula is C23H25N3OS. The van der Waals surface area contributed by atoms with E-state index in [1.54, 1.807) is 11.3 Å². The van der Waals surface area contributed by atoms with E-state index in [1.165, 1.54) is 24.1 Å². The molecule has 0 atom stereocenters. The quantitative estimate of drug-likeness (QED) is 0.657. The number of nitrogens with one attached hydrogen (secondary N) is 1. The van der Waals surface area contributed by atoms with E-state index in [9.17, 15) is 4.79 Å². The molecule has 1 N–H and O–H groups in total. The minimum absolute atomic E-state index is 0.0141. The largest absolute Gasteiger partial charge is 0.372 e. The van der Waals surface area contributed by atoms with Crippen LogP contribution in [0.1, 0.15) is 34.7 Å². The van der Waals surface area contributed by atoms with Crippen molar-refractivity contribution in [3.63, 3.8) is 0 Å². The predicted molar refractivity (Wildman–Crippen MR) is 115 cm³/mol. The van der Waals surface area contributed by atoms with E-state index in [2.05, 4.69) is 51.6 Å². The normalized spacial score (nSPS) is 13.6. The zero-order chi connectivity index (χ0) is 19.2. The molecule has 0 radical (unpaired) electrons. The van der Waals surface area contributed by atoms with E-state index in [0.29, 0.717) is 13.0 Å². The molecule has 1 aromatic heterocycles. The molecule has 1 saturated heterocycles. The zero-order valence-corrected chi connectivity index (χ0v) is 16.8. The van der Waals surface area contributed by atoms with Crippen LogP contribution in [0, 0.1) is 0 Å². The number of carbonyl (C=O) groups excluding carboxylic acids is 1. The smallest absolute Gasteiger partial charge is 0.226 e. The van der Waals surface area contributed by atoms with E-state index in [-0.39, 0.29) is 5.91 Å². The lowest BCUT2D eigenvalue weighted by atomic mass is 10.2. The average Bonchev–Trinajstić information content (AvgIpc) is 3.40. The van der Waals surface area contributed by atoms with Crippen molar-refractivity contribution in [3.8, 4) is 0 Å². The number of carbonyl (C=O) groups is 1. The molecule has 4 rings (SSSR count). The molecule has 1 aliphatic heterocycles. The zero-order valence-electron chi connectivity index (χ0n) is 15.9. The fourth-order valence-corrected chi connectivity index (χ4v) is 4.34. The van der Waals surface area contributed by atoms with Gasteiger partial charge >= 0.3 is 0 Å². The van der Waals surface area contributed by atoms with Gasteiger partial charge in [-0.3, -0.25) is 4.79 Å². The van der Waals surface area contributed by atoms with Gasteiger partial charge in [0, 0.05) is 37.1 Å². The Morgan fingerprint density at radius 1 is 1.00 bits per heavy atom. The van der Waals surface area contributed by atoms with E-state index >= 15 is 0 Å². The lowest BCUT2D eigenvalue weighted by Gasteiger charge is -2.17. The maximum atomic E-state index is 12.3. The standard InChI is InChI=1S/C23H25N3OS/c27-22(15-20-17-28-23(25-20)14-18-6-2-1-3-7-18)24-16-19-8-10-21(11-9-19)26-12-4-5-13-26/h1-3,6-11,17H,4-5,12-16H2,(H,24,27). The van der Waals surface area contributed by atoms with Crippen LogP contribution in [-0.2, 0) is 24.2 Å². The number of nitrogens with zero attached hydrogens (tertiary/aromatic N) is 2. The van der Waals surface area contributed by atoms with Crippen molar-refractivity contribution in [1.82, 2.24) is 10.3 Å². The van der Waals surface area contributed by atoms with Crippen LogP contribution in [0.25, 0.3) is 0 Å². The highest BCUT2D eigenvalue weighted by Gasteiger charge is 2.12. The second kappa shape index (κ2) is 9.02. The van der Waals surface area contributed by atoms with Gasteiger partial charge in [-0.05, 0) is 36.1 Å². The van der Waals surface area contributed by atoms with Crippen molar-refractivity contribution in [1.29, 1.82) is 0 Å². The minimum atomic E-state index is 0.0141. The Bertz CT molecular complexity index is 899. The molecule has 0 spiro atoms. The number of hydrogen-bond donors (Lipinski definition) is 1. The van der Waals surface area contributed by atoms with E-state index < -0.39 is 0 Å². The summed E-state index contributed by atoms with van der Waals surface area (Å²) in [6.45, 7) is 2.85. The third-order valence-electron chi connectivity index (χ3n) is 5.04. The van der Waals surface area contributed by atoms with Gasteiger partial charge in [0.05, 0.1) is 17.1 Å². The van der Waals surface area contributed by atoms with Crippen LogP contribution >= 0.6 is 11.3 Å². The summed E-state index contributed by atoms with van der Waals surface area (Å²) in [4.78, 5) is 19.3. The van der Waals surface area contributed by atoms with Crippen molar-refractivity contribution < 1.29 is 4.79 Å². The van der Waals surface area contributed by atoms with Gasteiger partial charge in [0.2, 0.25) is 5.91 Å². The Balaban J connectivity index is 1.25. The first kappa shape index (κ1) is 18.7. The van der Waals surface area contributed by atoms with Crippen molar-refractivity contribution in [2.24, 2.45) is 0 Å². The Morgan fingerprint density at radius 3 is 2.50 bits per heavy atom. The molecule has 1 fully saturated rings. The second-order valence-electron chi connectivity index (χ2n) is 7.21. The molecule has 5 heteroatoms. The summed E-state index contributed by atoms with van der Waals surface area (Å²) in [5.41, 5.74) is 4.49. The summed E-state index contributed by atoms with van der Waals surface area (Å²) in [6, 6.07) is 18.8. The molecule has 2 heterocycles. The number of anilines is 1. The van der Waals surface area contributed by atoms with Gasteiger partial charge in [-0.1, -0.05) is 42.5 Å². The molecule has 144 valence electrons. The summed E-state index contributed by atoms with van der Waals surface area (Å²) >= 11 is 1.62. The van der Waals surface area contributed by atoms with Gasteiger partial charge < -0.3 is 10.2 Å². The fourth-order valence-electron chi connectivity index (χ4n) is 3.51. The number of hydrogen-bond acceptors (Lipinski definition) is 4. The molecule has 2 aromatic carbocycles. The summed E-state index contributed by atoms with van der Waals surface area (Å²) in [5, 5.41) is 6.04. The monoisotopic (exact) mass is 391 g/mol. The molecule has 0 saturated carbocycles. The number of thiazole rings is 1. The van der Waals surface area contributed by atoms with Gasteiger partial charge in [0.15, 0.2) is 0 Å². The number of aromatic nitrogens is 1. The predicted octanol–water partition coefficient (Wildman–Crippen LogP) is 4.19. The molecule has 28 heavy (non-hydrogen) atoms. The molecule has 1 amide bonds. The second-order valence-corrected chi connectivity index (χ2v) is 8.15. The lowest BCUT2D eigenvalue weighted by molar-refractivity contribution is -0.120. The number of benzene rings is 2. The van der Waals surface area contributed by atoms with E-state index in [0.717, 1.165) is 35.8 Å². The van der Waals surface area contributed by atoms with Crippen LogP contribution in [-0.4, -0.2) is 24.0 Å². The van der Waals surface area contributed by atoms with Crippen LogP contribution in [0.5, 0.6) is 0 Å². The molecule has 1 aliphatic rings. The molecule has 0 aliphatic carbocycles. The van der Waals surface area contributed by atoms with Crippen molar-refractivity contribution >= 4 is 22.9 Å². The SMILES string of the molecule is O=C(Cc1csc(Cc2ccccc2)n1)NCc1ccc(N2CCCC2)cc1. The Morgan fingerprint density at radius 2 is 1.75 bits per heavy atom. The fraction of sp³-hybridized carbons (Fsp3) is 0.304. The highest BCUT2D eigenvalue weighted by Crippen LogP contribution is 2.20. The Hall–Kier alpha value is -2.66. The third kappa shape index (κ3) is 4.98. The van der Waals surface area contributed by atoms with Gasteiger partial charge in [-0.25, -0.2) is 4.98 Å². The lowest BCUT2D eigenvalue weighted by Crippen LogP contribution is -2.24. The summed E-state index contributed by atoms with van der Waals surface area (Å²) in [6.07, 6.45) is 3.70. The Kier molecular flexibility index (Phi) is 6.02. The van der Waals surface area contributed by atoms with Crippen molar-refractivity contribution in [2.75, 3.05) is 18.0 Å². The first-order valence-corrected chi connectivity index (χ1v) is 10.7.